The Morgan fingerprint density at radius 3 is 2.46 bits per heavy atom. The molecule has 2 rings (SSSR count). The lowest BCUT2D eigenvalue weighted by Crippen LogP contribution is -2.27. The molecule has 1 heterocycles. The number of hydrogen-bond acceptors (Lipinski definition) is 2. The molecule has 0 unspecified atom stereocenters. The van der Waals surface area contributed by atoms with Crippen molar-refractivity contribution < 1.29 is 9.84 Å². The monoisotopic (exact) mass is 178 g/mol. The summed E-state index contributed by atoms with van der Waals surface area (Å²) < 4.78 is 5.10. The van der Waals surface area contributed by atoms with Crippen molar-refractivity contribution in [3.05, 3.63) is 29.8 Å². The van der Waals surface area contributed by atoms with Crippen LogP contribution in [-0.4, -0.2) is 18.3 Å². The molecule has 0 aromatic heterocycles. The summed E-state index contributed by atoms with van der Waals surface area (Å²) >= 11 is 0. The molecule has 0 radical (unpaired) electrons. The maximum atomic E-state index is 9.07. The van der Waals surface area contributed by atoms with E-state index in [0.29, 0.717) is 5.75 Å². The molecule has 1 aromatic carbocycles. The van der Waals surface area contributed by atoms with Gasteiger partial charge >= 0.3 is 0 Å². The van der Waals surface area contributed by atoms with Gasteiger partial charge in [0.15, 0.2) is 0 Å². The highest BCUT2D eigenvalue weighted by Gasteiger charge is 2.17. The Labute approximate surface area is 78.2 Å². The number of benzene rings is 1. The standard InChI is InChI=1S/C11H14O2/c12-11-5-3-9(4-6-11)1-2-10-7-13-8-10/h3-6,10,12H,1-2,7-8H2. The van der Waals surface area contributed by atoms with Crippen LogP contribution in [0.25, 0.3) is 0 Å². The van der Waals surface area contributed by atoms with E-state index in [-0.39, 0.29) is 0 Å². The van der Waals surface area contributed by atoms with Crippen LogP contribution in [0.15, 0.2) is 24.3 Å². The van der Waals surface area contributed by atoms with Gasteiger partial charge in [0.2, 0.25) is 0 Å². The molecule has 1 saturated heterocycles. The minimum atomic E-state index is 0.343. The minimum Gasteiger partial charge on any atom is -0.508 e. The second-order valence-electron chi connectivity index (χ2n) is 3.61. The van der Waals surface area contributed by atoms with Crippen molar-refractivity contribution in [3.8, 4) is 5.75 Å². The van der Waals surface area contributed by atoms with E-state index in [2.05, 4.69) is 0 Å². The Morgan fingerprint density at radius 1 is 1.23 bits per heavy atom. The van der Waals surface area contributed by atoms with E-state index in [1.165, 1.54) is 12.0 Å². The third-order valence-corrected chi connectivity index (χ3v) is 2.48. The van der Waals surface area contributed by atoms with Crippen LogP contribution < -0.4 is 0 Å². The minimum absolute atomic E-state index is 0.343. The van der Waals surface area contributed by atoms with E-state index >= 15 is 0 Å². The summed E-state index contributed by atoms with van der Waals surface area (Å²) in [6.07, 6.45) is 2.29. The zero-order valence-electron chi connectivity index (χ0n) is 7.57. The molecule has 0 amide bonds. The average molecular weight is 178 g/mol. The molecular weight excluding hydrogens is 164 g/mol. The molecule has 13 heavy (non-hydrogen) atoms. The van der Waals surface area contributed by atoms with E-state index in [9.17, 15) is 0 Å². The summed E-state index contributed by atoms with van der Waals surface area (Å²) in [5.41, 5.74) is 1.30. The first-order chi connectivity index (χ1) is 6.34. The van der Waals surface area contributed by atoms with E-state index in [0.717, 1.165) is 25.6 Å². The Balaban J connectivity index is 1.83. The predicted molar refractivity (Wildman–Crippen MR) is 50.7 cm³/mol. The summed E-state index contributed by atoms with van der Waals surface area (Å²) in [5.74, 6) is 1.10. The van der Waals surface area contributed by atoms with Crippen molar-refractivity contribution >= 4 is 0 Å². The van der Waals surface area contributed by atoms with Crippen LogP contribution in [0.5, 0.6) is 5.75 Å². The summed E-state index contributed by atoms with van der Waals surface area (Å²) in [6.45, 7) is 1.86. The molecule has 0 atom stereocenters. The molecule has 0 aliphatic carbocycles. The van der Waals surface area contributed by atoms with Crippen molar-refractivity contribution in [1.29, 1.82) is 0 Å². The maximum Gasteiger partial charge on any atom is 0.115 e. The van der Waals surface area contributed by atoms with Crippen molar-refractivity contribution in [3.63, 3.8) is 0 Å². The summed E-state index contributed by atoms with van der Waals surface area (Å²) in [4.78, 5) is 0. The number of aromatic hydroxyl groups is 1. The molecular formula is C11H14O2. The van der Waals surface area contributed by atoms with E-state index < -0.39 is 0 Å². The van der Waals surface area contributed by atoms with Crippen molar-refractivity contribution in [2.45, 2.75) is 12.8 Å². The van der Waals surface area contributed by atoms with Crippen molar-refractivity contribution in [1.82, 2.24) is 0 Å². The van der Waals surface area contributed by atoms with Crippen LogP contribution in [0.1, 0.15) is 12.0 Å². The fraction of sp³-hybridized carbons (Fsp3) is 0.455. The number of aryl methyl sites for hydroxylation is 1. The maximum absolute atomic E-state index is 9.07. The van der Waals surface area contributed by atoms with Gasteiger partial charge in [0.25, 0.3) is 0 Å². The van der Waals surface area contributed by atoms with Crippen LogP contribution >= 0.6 is 0 Å². The predicted octanol–water partition coefficient (Wildman–Crippen LogP) is 1.97. The van der Waals surface area contributed by atoms with Crippen molar-refractivity contribution in [2.24, 2.45) is 5.92 Å². The van der Waals surface area contributed by atoms with Crippen LogP contribution in [0, 0.1) is 5.92 Å². The molecule has 70 valence electrons. The summed E-state index contributed by atoms with van der Waals surface area (Å²) in [7, 11) is 0. The number of hydrogen-bond donors (Lipinski definition) is 1. The van der Waals surface area contributed by atoms with Crippen LogP contribution in [0.2, 0.25) is 0 Å². The molecule has 1 N–H and O–H groups in total. The zero-order chi connectivity index (χ0) is 9.10. The molecule has 2 heteroatoms. The first kappa shape index (κ1) is 8.57. The molecule has 2 nitrogen and oxygen atoms in total. The van der Waals surface area contributed by atoms with Gasteiger partial charge in [-0.2, -0.15) is 0 Å². The van der Waals surface area contributed by atoms with Gasteiger partial charge in [0.05, 0.1) is 13.2 Å². The summed E-state index contributed by atoms with van der Waals surface area (Å²) in [6, 6.07) is 7.45. The van der Waals surface area contributed by atoms with Crippen LogP contribution in [0.3, 0.4) is 0 Å². The Kier molecular flexibility index (Phi) is 2.50. The second-order valence-corrected chi connectivity index (χ2v) is 3.61. The Bertz CT molecular complexity index is 262. The highest BCUT2D eigenvalue weighted by Crippen LogP contribution is 2.18. The third kappa shape index (κ3) is 2.22. The van der Waals surface area contributed by atoms with Gasteiger partial charge in [-0.3, -0.25) is 0 Å². The first-order valence-electron chi connectivity index (χ1n) is 4.70. The molecule has 0 bridgehead atoms. The largest absolute Gasteiger partial charge is 0.508 e. The quantitative estimate of drug-likeness (QED) is 0.766. The number of phenolic OH excluding ortho intramolecular Hbond substituents is 1. The fourth-order valence-corrected chi connectivity index (χ4v) is 1.48. The van der Waals surface area contributed by atoms with E-state index in [1.807, 2.05) is 12.1 Å². The van der Waals surface area contributed by atoms with Gasteiger partial charge < -0.3 is 9.84 Å². The molecule has 1 aromatic rings. The molecule has 0 saturated carbocycles. The smallest absolute Gasteiger partial charge is 0.115 e. The van der Waals surface area contributed by atoms with Gasteiger partial charge in [-0.1, -0.05) is 12.1 Å². The van der Waals surface area contributed by atoms with Gasteiger partial charge in [0, 0.05) is 5.92 Å². The molecule has 1 fully saturated rings. The fourth-order valence-electron chi connectivity index (χ4n) is 1.48. The second kappa shape index (κ2) is 3.79. The van der Waals surface area contributed by atoms with E-state index in [4.69, 9.17) is 9.84 Å². The first-order valence-corrected chi connectivity index (χ1v) is 4.70. The highest BCUT2D eigenvalue weighted by molar-refractivity contribution is 5.25. The van der Waals surface area contributed by atoms with E-state index in [1.54, 1.807) is 12.1 Å². The lowest BCUT2D eigenvalue weighted by Gasteiger charge is -2.25. The van der Waals surface area contributed by atoms with Crippen LogP contribution in [-0.2, 0) is 11.2 Å². The van der Waals surface area contributed by atoms with Gasteiger partial charge in [-0.15, -0.1) is 0 Å². The van der Waals surface area contributed by atoms with Gasteiger partial charge in [-0.05, 0) is 30.5 Å². The van der Waals surface area contributed by atoms with Gasteiger partial charge in [0.1, 0.15) is 5.75 Å². The summed E-state index contributed by atoms with van der Waals surface area (Å²) in [5, 5.41) is 9.07. The zero-order valence-corrected chi connectivity index (χ0v) is 7.57. The van der Waals surface area contributed by atoms with Crippen molar-refractivity contribution in [2.75, 3.05) is 13.2 Å². The van der Waals surface area contributed by atoms with Crippen LogP contribution in [0.4, 0.5) is 0 Å². The Hall–Kier alpha value is -1.02. The number of phenols is 1. The number of rotatable bonds is 3. The highest BCUT2D eigenvalue weighted by atomic mass is 16.5. The SMILES string of the molecule is Oc1ccc(CCC2COC2)cc1. The third-order valence-electron chi connectivity index (χ3n) is 2.48. The lowest BCUT2D eigenvalue weighted by molar-refractivity contribution is -0.0352. The topological polar surface area (TPSA) is 29.5 Å². The Morgan fingerprint density at radius 2 is 1.92 bits per heavy atom. The average Bonchev–Trinajstić information content (AvgIpc) is 2.05. The molecule has 0 spiro atoms. The molecule has 1 aliphatic rings. The normalized spacial score (nSPS) is 16.9. The van der Waals surface area contributed by atoms with Gasteiger partial charge in [-0.25, -0.2) is 0 Å². The lowest BCUT2D eigenvalue weighted by atomic mass is 9.98. The molecule has 1 aliphatic heterocycles. The number of ether oxygens (including phenoxy) is 1.